The number of carboxylic acid groups (broad SMARTS) is 2. The number of carboxylic acids is 2. The lowest BCUT2D eigenvalue weighted by atomic mass is 9.89. The highest BCUT2D eigenvalue weighted by Crippen LogP contribution is 2.24. The van der Waals surface area contributed by atoms with Crippen molar-refractivity contribution in [3.63, 3.8) is 0 Å². The molecule has 0 fully saturated rings. The summed E-state index contributed by atoms with van der Waals surface area (Å²) in [6.07, 6.45) is 1.49. The Morgan fingerprint density at radius 2 is 1.78 bits per heavy atom. The van der Waals surface area contributed by atoms with Crippen LogP contribution in [0.1, 0.15) is 44.7 Å². The van der Waals surface area contributed by atoms with Crippen molar-refractivity contribution >= 4 is 17.9 Å². The van der Waals surface area contributed by atoms with Gasteiger partial charge in [-0.2, -0.15) is 0 Å². The molecule has 0 radical (unpaired) electrons. The van der Waals surface area contributed by atoms with Crippen molar-refractivity contribution < 1.29 is 19.8 Å². The lowest BCUT2D eigenvalue weighted by Gasteiger charge is -2.30. The summed E-state index contributed by atoms with van der Waals surface area (Å²) in [7, 11) is 0. The van der Waals surface area contributed by atoms with Crippen LogP contribution in [-0.2, 0) is 21.5 Å². The summed E-state index contributed by atoms with van der Waals surface area (Å²) in [6, 6.07) is 6.18. The van der Waals surface area contributed by atoms with Crippen LogP contribution in [0.2, 0.25) is 0 Å². The van der Waals surface area contributed by atoms with Crippen LogP contribution in [-0.4, -0.2) is 40.7 Å². The van der Waals surface area contributed by atoms with Crippen LogP contribution in [0.3, 0.4) is 0 Å². The molecule has 27 heavy (non-hydrogen) atoms. The van der Waals surface area contributed by atoms with Crippen molar-refractivity contribution in [3.8, 4) is 0 Å². The fraction of sp³-hybridized carbons (Fsp3) is 0.526. The number of aliphatic imine (C=N–C) groups is 1. The van der Waals surface area contributed by atoms with Crippen molar-refractivity contribution in [2.45, 2.75) is 51.6 Å². The third-order valence-electron chi connectivity index (χ3n) is 4.31. The number of aliphatic carboxylic acids is 2. The Hall–Kier alpha value is -2.61. The summed E-state index contributed by atoms with van der Waals surface area (Å²) in [6.45, 7) is 5.97. The molecule has 0 heterocycles. The lowest BCUT2D eigenvalue weighted by Crippen LogP contribution is -2.54. The van der Waals surface area contributed by atoms with Gasteiger partial charge in [0.15, 0.2) is 5.96 Å². The van der Waals surface area contributed by atoms with E-state index in [2.05, 4.69) is 24.2 Å². The van der Waals surface area contributed by atoms with Gasteiger partial charge in [0.1, 0.15) is 11.6 Å². The maximum Gasteiger partial charge on any atom is 0.328 e. The van der Waals surface area contributed by atoms with Crippen LogP contribution >= 0.6 is 0 Å². The first-order valence-corrected chi connectivity index (χ1v) is 8.95. The minimum absolute atomic E-state index is 0.0632. The van der Waals surface area contributed by atoms with Gasteiger partial charge in [0, 0.05) is 6.54 Å². The smallest absolute Gasteiger partial charge is 0.328 e. The topological polar surface area (TPSA) is 151 Å². The summed E-state index contributed by atoms with van der Waals surface area (Å²) in [5, 5.41) is 22.0. The van der Waals surface area contributed by atoms with E-state index in [1.165, 1.54) is 6.92 Å². The average Bonchev–Trinajstić information content (AvgIpc) is 2.56. The molecule has 1 aromatic carbocycles. The SMILES string of the molecule is CC(C)Cc1ccc(C(C)(N[C@@H](CCCN=C(N)N)C(=O)O)C(=O)O)cc1. The van der Waals surface area contributed by atoms with E-state index >= 15 is 0 Å². The first kappa shape index (κ1) is 22.4. The predicted octanol–water partition coefficient (Wildman–Crippen LogP) is 1.28. The van der Waals surface area contributed by atoms with E-state index < -0.39 is 23.5 Å². The van der Waals surface area contributed by atoms with Crippen molar-refractivity contribution in [2.75, 3.05) is 6.54 Å². The Balaban J connectivity index is 2.97. The maximum atomic E-state index is 12.0. The number of benzene rings is 1. The van der Waals surface area contributed by atoms with Crippen molar-refractivity contribution in [1.82, 2.24) is 5.32 Å². The molecule has 8 nitrogen and oxygen atoms in total. The Labute approximate surface area is 159 Å². The average molecular weight is 378 g/mol. The van der Waals surface area contributed by atoms with Gasteiger partial charge in [-0.05, 0) is 43.2 Å². The van der Waals surface area contributed by atoms with E-state index in [1.54, 1.807) is 12.1 Å². The summed E-state index contributed by atoms with van der Waals surface area (Å²) in [5.74, 6) is -1.84. The molecule has 0 aliphatic carbocycles. The summed E-state index contributed by atoms with van der Waals surface area (Å²) < 4.78 is 0. The van der Waals surface area contributed by atoms with Gasteiger partial charge in [-0.25, -0.2) is 4.79 Å². The zero-order valence-electron chi connectivity index (χ0n) is 16.1. The van der Waals surface area contributed by atoms with Crippen LogP contribution in [0.5, 0.6) is 0 Å². The number of guanidine groups is 1. The number of nitrogens with one attached hydrogen (secondary N) is 1. The Morgan fingerprint density at radius 3 is 2.22 bits per heavy atom. The molecule has 0 aromatic heterocycles. The van der Waals surface area contributed by atoms with Crippen LogP contribution in [0.25, 0.3) is 0 Å². The molecule has 0 spiro atoms. The van der Waals surface area contributed by atoms with Crippen LogP contribution in [0, 0.1) is 5.92 Å². The summed E-state index contributed by atoms with van der Waals surface area (Å²) >= 11 is 0. The van der Waals surface area contributed by atoms with Crippen molar-refractivity contribution in [2.24, 2.45) is 22.4 Å². The number of nitrogens with zero attached hydrogens (tertiary/aromatic N) is 1. The minimum atomic E-state index is -1.53. The number of rotatable bonds is 11. The minimum Gasteiger partial charge on any atom is -0.480 e. The number of hydrogen-bond acceptors (Lipinski definition) is 4. The second kappa shape index (κ2) is 9.91. The van der Waals surface area contributed by atoms with Crippen LogP contribution < -0.4 is 16.8 Å². The van der Waals surface area contributed by atoms with Crippen LogP contribution in [0.15, 0.2) is 29.3 Å². The van der Waals surface area contributed by atoms with E-state index in [-0.39, 0.29) is 18.9 Å². The highest BCUT2D eigenvalue weighted by Gasteiger charge is 2.38. The molecular formula is C19H30N4O4. The highest BCUT2D eigenvalue weighted by atomic mass is 16.4. The molecule has 2 atom stereocenters. The van der Waals surface area contributed by atoms with E-state index in [0.29, 0.717) is 17.9 Å². The summed E-state index contributed by atoms with van der Waals surface area (Å²) in [5.41, 5.74) is 10.6. The van der Waals surface area contributed by atoms with Crippen molar-refractivity contribution in [3.05, 3.63) is 35.4 Å². The number of nitrogens with two attached hydrogens (primary N) is 2. The lowest BCUT2D eigenvalue weighted by molar-refractivity contribution is -0.147. The highest BCUT2D eigenvalue weighted by molar-refractivity contribution is 5.82. The quantitative estimate of drug-likeness (QED) is 0.221. The molecule has 0 aliphatic heterocycles. The second-order valence-electron chi connectivity index (χ2n) is 7.21. The molecule has 150 valence electrons. The third-order valence-corrected chi connectivity index (χ3v) is 4.31. The first-order chi connectivity index (χ1) is 12.6. The van der Waals surface area contributed by atoms with Gasteiger partial charge >= 0.3 is 11.9 Å². The largest absolute Gasteiger partial charge is 0.480 e. The molecule has 0 saturated heterocycles. The molecular weight excluding hydrogens is 348 g/mol. The van der Waals surface area contributed by atoms with Gasteiger partial charge < -0.3 is 21.7 Å². The molecule has 1 aromatic rings. The fourth-order valence-electron chi connectivity index (χ4n) is 2.82. The predicted molar refractivity (Wildman–Crippen MR) is 104 cm³/mol. The molecule has 1 rings (SSSR count). The van der Waals surface area contributed by atoms with Gasteiger partial charge in [-0.1, -0.05) is 38.1 Å². The van der Waals surface area contributed by atoms with Gasteiger partial charge in [-0.15, -0.1) is 0 Å². The number of carbonyl (C=O) groups is 2. The first-order valence-electron chi connectivity index (χ1n) is 8.95. The maximum absolute atomic E-state index is 12.0. The van der Waals surface area contributed by atoms with Gasteiger partial charge in [0.05, 0.1) is 0 Å². The molecule has 0 amide bonds. The molecule has 1 unspecified atom stereocenters. The van der Waals surface area contributed by atoms with Gasteiger partial charge in [0.25, 0.3) is 0 Å². The Morgan fingerprint density at radius 1 is 1.19 bits per heavy atom. The second-order valence-corrected chi connectivity index (χ2v) is 7.21. The summed E-state index contributed by atoms with van der Waals surface area (Å²) in [4.78, 5) is 27.4. The van der Waals surface area contributed by atoms with Gasteiger partial charge in [0.2, 0.25) is 0 Å². The van der Waals surface area contributed by atoms with Gasteiger partial charge in [-0.3, -0.25) is 15.1 Å². The molecule has 8 heteroatoms. The zero-order valence-corrected chi connectivity index (χ0v) is 16.1. The Bertz CT molecular complexity index is 669. The number of hydrogen-bond donors (Lipinski definition) is 5. The Kier molecular flexibility index (Phi) is 8.24. The van der Waals surface area contributed by atoms with E-state index in [1.807, 2.05) is 12.1 Å². The van der Waals surface area contributed by atoms with E-state index in [9.17, 15) is 19.8 Å². The molecule has 0 saturated carbocycles. The monoisotopic (exact) mass is 378 g/mol. The zero-order chi connectivity index (χ0) is 20.6. The standard InChI is InChI=1S/C19H30N4O4/c1-12(2)11-13-6-8-14(9-7-13)19(3,17(26)27)23-15(16(24)25)5-4-10-22-18(20)21/h6-9,12,15,23H,4-5,10-11H2,1-3H3,(H,24,25)(H,26,27)(H4,20,21,22)/t15-,19?/m0/s1. The normalized spacial score (nSPS) is 14.4. The molecule has 0 bridgehead atoms. The molecule has 7 N–H and O–H groups in total. The third kappa shape index (κ3) is 6.90. The van der Waals surface area contributed by atoms with Crippen LogP contribution in [0.4, 0.5) is 0 Å². The van der Waals surface area contributed by atoms with Crippen molar-refractivity contribution in [1.29, 1.82) is 0 Å². The van der Waals surface area contributed by atoms with E-state index in [4.69, 9.17) is 11.5 Å². The molecule has 0 aliphatic rings. The fourth-order valence-corrected chi connectivity index (χ4v) is 2.82. The van der Waals surface area contributed by atoms with E-state index in [0.717, 1.165) is 12.0 Å².